The molecule has 1 aliphatic rings. The van der Waals surface area contributed by atoms with Gasteiger partial charge in [0.05, 0.1) is 5.41 Å². The fraction of sp³-hybridized carbons (Fsp3) is 0.857. The Kier molecular flexibility index (Phi) is 5.35. The lowest BCUT2D eigenvalue weighted by Gasteiger charge is -2.38. The quantitative estimate of drug-likeness (QED) is 0.816. The van der Waals surface area contributed by atoms with E-state index in [2.05, 4.69) is 0 Å². The number of amides is 2. The molecule has 0 aliphatic carbocycles. The van der Waals surface area contributed by atoms with Crippen LogP contribution < -0.4 is 5.73 Å². The Morgan fingerprint density at radius 2 is 1.58 bits per heavy atom. The van der Waals surface area contributed by atoms with Crippen molar-refractivity contribution in [2.75, 3.05) is 32.7 Å². The van der Waals surface area contributed by atoms with E-state index >= 15 is 0 Å². The molecule has 0 atom stereocenters. The average molecular weight is 269 g/mol. The molecule has 0 aromatic rings. The molecule has 0 aromatic heterocycles. The number of carbonyl (C=O) groups is 2. The van der Waals surface area contributed by atoms with Crippen LogP contribution in [0.25, 0.3) is 0 Å². The molecule has 0 spiro atoms. The lowest BCUT2D eigenvalue weighted by molar-refractivity contribution is -0.145. The fourth-order valence-corrected chi connectivity index (χ4v) is 2.15. The highest BCUT2D eigenvalue weighted by Crippen LogP contribution is 2.18. The van der Waals surface area contributed by atoms with Crippen molar-refractivity contribution in [1.29, 1.82) is 0 Å². The van der Waals surface area contributed by atoms with Crippen LogP contribution in [-0.2, 0) is 9.59 Å². The van der Waals surface area contributed by atoms with Crippen LogP contribution in [0, 0.1) is 11.3 Å². The van der Waals surface area contributed by atoms with Gasteiger partial charge >= 0.3 is 0 Å². The van der Waals surface area contributed by atoms with Crippen molar-refractivity contribution in [3.63, 3.8) is 0 Å². The SMILES string of the molecule is CC(C)CC(=O)N1CCN(C(=O)C(C)(C)CN)CC1. The van der Waals surface area contributed by atoms with Crippen molar-refractivity contribution in [3.8, 4) is 0 Å². The zero-order valence-electron chi connectivity index (χ0n) is 12.6. The summed E-state index contributed by atoms with van der Waals surface area (Å²) in [6.45, 7) is 10.7. The van der Waals surface area contributed by atoms with Gasteiger partial charge in [0.15, 0.2) is 0 Å². The first kappa shape index (κ1) is 16.0. The maximum Gasteiger partial charge on any atom is 0.229 e. The monoisotopic (exact) mass is 269 g/mol. The van der Waals surface area contributed by atoms with Crippen LogP contribution in [0.3, 0.4) is 0 Å². The van der Waals surface area contributed by atoms with E-state index in [1.54, 1.807) is 0 Å². The molecule has 5 nitrogen and oxygen atoms in total. The second-order valence-electron chi connectivity index (χ2n) is 6.36. The van der Waals surface area contributed by atoms with Crippen LogP contribution in [-0.4, -0.2) is 54.3 Å². The van der Waals surface area contributed by atoms with Gasteiger partial charge in [0.25, 0.3) is 0 Å². The highest BCUT2D eigenvalue weighted by Gasteiger charge is 2.33. The third-order valence-corrected chi connectivity index (χ3v) is 3.59. The van der Waals surface area contributed by atoms with Gasteiger partial charge in [-0.3, -0.25) is 9.59 Å². The van der Waals surface area contributed by atoms with E-state index in [0.717, 1.165) is 0 Å². The topological polar surface area (TPSA) is 66.6 Å². The predicted molar refractivity (Wildman–Crippen MR) is 75.5 cm³/mol. The Hall–Kier alpha value is -1.10. The summed E-state index contributed by atoms with van der Waals surface area (Å²) in [5, 5.41) is 0. The lowest BCUT2D eigenvalue weighted by Crippen LogP contribution is -2.54. The third kappa shape index (κ3) is 4.20. The van der Waals surface area contributed by atoms with Gasteiger partial charge in [0, 0.05) is 39.1 Å². The second-order valence-corrected chi connectivity index (χ2v) is 6.36. The smallest absolute Gasteiger partial charge is 0.229 e. The molecule has 2 N–H and O–H groups in total. The van der Waals surface area contributed by atoms with E-state index in [9.17, 15) is 9.59 Å². The van der Waals surface area contributed by atoms with Gasteiger partial charge in [-0.05, 0) is 19.8 Å². The summed E-state index contributed by atoms with van der Waals surface area (Å²) in [5.74, 6) is 0.662. The summed E-state index contributed by atoms with van der Waals surface area (Å²) in [6, 6.07) is 0. The number of nitrogens with two attached hydrogens (primary N) is 1. The summed E-state index contributed by atoms with van der Waals surface area (Å²) < 4.78 is 0. The van der Waals surface area contributed by atoms with E-state index in [1.165, 1.54) is 0 Å². The number of hydrogen-bond donors (Lipinski definition) is 1. The highest BCUT2D eigenvalue weighted by molar-refractivity contribution is 5.83. The minimum absolute atomic E-state index is 0.0889. The molecule has 1 aliphatic heterocycles. The third-order valence-electron chi connectivity index (χ3n) is 3.59. The Morgan fingerprint density at radius 1 is 1.11 bits per heavy atom. The molecule has 0 saturated carbocycles. The van der Waals surface area contributed by atoms with Crippen LogP contribution in [0.1, 0.15) is 34.1 Å². The van der Waals surface area contributed by atoms with Crippen LogP contribution >= 0.6 is 0 Å². The number of hydrogen-bond acceptors (Lipinski definition) is 3. The summed E-state index contributed by atoms with van der Waals surface area (Å²) in [5.41, 5.74) is 5.12. The molecule has 0 radical (unpaired) electrons. The molecule has 1 fully saturated rings. The first-order valence-electron chi connectivity index (χ1n) is 7.05. The largest absolute Gasteiger partial charge is 0.339 e. The molecule has 1 saturated heterocycles. The summed E-state index contributed by atoms with van der Waals surface area (Å²) in [4.78, 5) is 27.9. The van der Waals surface area contributed by atoms with E-state index in [4.69, 9.17) is 5.73 Å². The summed E-state index contributed by atoms with van der Waals surface area (Å²) in [6.07, 6.45) is 0.586. The minimum Gasteiger partial charge on any atom is -0.339 e. The van der Waals surface area contributed by atoms with Gasteiger partial charge in [0.1, 0.15) is 0 Å². The first-order valence-corrected chi connectivity index (χ1v) is 7.05. The molecule has 0 unspecified atom stereocenters. The van der Waals surface area contributed by atoms with Crippen molar-refractivity contribution in [1.82, 2.24) is 9.80 Å². The second kappa shape index (κ2) is 6.37. The van der Waals surface area contributed by atoms with Crippen LogP contribution in [0.5, 0.6) is 0 Å². The Bertz CT molecular complexity index is 332. The molecule has 110 valence electrons. The standard InChI is InChI=1S/C14H27N3O2/c1-11(2)9-12(18)16-5-7-17(8-6-16)13(19)14(3,4)10-15/h11H,5-10,15H2,1-4H3. The molecular weight excluding hydrogens is 242 g/mol. The molecule has 2 amide bonds. The number of piperazine rings is 1. The van der Waals surface area contributed by atoms with Crippen molar-refractivity contribution in [3.05, 3.63) is 0 Å². The van der Waals surface area contributed by atoms with E-state index in [-0.39, 0.29) is 11.8 Å². The molecule has 1 rings (SSSR count). The molecule has 0 bridgehead atoms. The van der Waals surface area contributed by atoms with Crippen molar-refractivity contribution in [2.24, 2.45) is 17.1 Å². The molecular formula is C14H27N3O2. The summed E-state index contributed by atoms with van der Waals surface area (Å²) in [7, 11) is 0. The Balaban J connectivity index is 2.49. The normalized spacial score (nSPS) is 16.9. The van der Waals surface area contributed by atoms with Crippen LogP contribution in [0.15, 0.2) is 0 Å². The van der Waals surface area contributed by atoms with Crippen molar-refractivity contribution in [2.45, 2.75) is 34.1 Å². The number of nitrogens with zero attached hydrogens (tertiary/aromatic N) is 2. The highest BCUT2D eigenvalue weighted by atomic mass is 16.2. The van der Waals surface area contributed by atoms with Gasteiger partial charge in [-0.25, -0.2) is 0 Å². The first-order chi connectivity index (χ1) is 8.77. The fourth-order valence-electron chi connectivity index (χ4n) is 2.15. The van der Waals surface area contributed by atoms with E-state index in [0.29, 0.717) is 45.1 Å². The number of rotatable bonds is 4. The van der Waals surface area contributed by atoms with E-state index < -0.39 is 5.41 Å². The Morgan fingerprint density at radius 3 is 2.00 bits per heavy atom. The zero-order valence-corrected chi connectivity index (χ0v) is 12.6. The van der Waals surface area contributed by atoms with Crippen molar-refractivity contribution >= 4 is 11.8 Å². The van der Waals surface area contributed by atoms with Crippen LogP contribution in [0.4, 0.5) is 0 Å². The van der Waals surface area contributed by atoms with Crippen LogP contribution in [0.2, 0.25) is 0 Å². The maximum absolute atomic E-state index is 12.2. The zero-order chi connectivity index (χ0) is 14.6. The molecule has 5 heteroatoms. The van der Waals surface area contributed by atoms with Gasteiger partial charge in [0.2, 0.25) is 11.8 Å². The van der Waals surface area contributed by atoms with E-state index in [1.807, 2.05) is 37.5 Å². The lowest BCUT2D eigenvalue weighted by atomic mass is 9.91. The Labute approximate surface area is 116 Å². The molecule has 19 heavy (non-hydrogen) atoms. The van der Waals surface area contributed by atoms with Gasteiger partial charge < -0.3 is 15.5 Å². The predicted octanol–water partition coefficient (Wildman–Crippen LogP) is 0.688. The molecule has 0 aromatic carbocycles. The minimum atomic E-state index is -0.510. The number of carbonyl (C=O) groups excluding carboxylic acids is 2. The van der Waals surface area contributed by atoms with Gasteiger partial charge in [-0.1, -0.05) is 13.8 Å². The maximum atomic E-state index is 12.2. The van der Waals surface area contributed by atoms with Gasteiger partial charge in [-0.2, -0.15) is 0 Å². The average Bonchev–Trinajstić information content (AvgIpc) is 2.37. The van der Waals surface area contributed by atoms with Crippen molar-refractivity contribution < 1.29 is 9.59 Å². The van der Waals surface area contributed by atoms with Gasteiger partial charge in [-0.15, -0.1) is 0 Å². The summed E-state index contributed by atoms with van der Waals surface area (Å²) >= 11 is 0. The molecule has 1 heterocycles.